The van der Waals surface area contributed by atoms with Crippen molar-refractivity contribution in [3.63, 3.8) is 0 Å². The van der Waals surface area contributed by atoms with Crippen LogP contribution >= 0.6 is 0 Å². The minimum atomic E-state index is -1.48. The summed E-state index contributed by atoms with van der Waals surface area (Å²) >= 11 is 0. The van der Waals surface area contributed by atoms with Crippen LogP contribution in [0.2, 0.25) is 0 Å². The standard InChI is InChI=1S/C16H22FNO/c1-19-16(17)10-5-11-18(12-16)15-9-3-2-8-14(15)13-6-4-7-13/h2-3,8-9,13H,4-7,10-12H2,1H3. The van der Waals surface area contributed by atoms with E-state index < -0.39 is 5.85 Å². The Balaban J connectivity index is 1.85. The molecule has 1 aromatic rings. The first kappa shape index (κ1) is 12.9. The zero-order valence-corrected chi connectivity index (χ0v) is 11.6. The lowest BCUT2D eigenvalue weighted by atomic mass is 9.79. The summed E-state index contributed by atoms with van der Waals surface area (Å²) in [4.78, 5) is 2.17. The zero-order valence-electron chi connectivity index (χ0n) is 11.6. The molecular weight excluding hydrogens is 241 g/mol. The predicted molar refractivity (Wildman–Crippen MR) is 75.3 cm³/mol. The Morgan fingerprint density at radius 2 is 2.05 bits per heavy atom. The summed E-state index contributed by atoms with van der Waals surface area (Å²) in [5.41, 5.74) is 2.61. The lowest BCUT2D eigenvalue weighted by Gasteiger charge is -2.40. The highest BCUT2D eigenvalue weighted by Crippen LogP contribution is 2.42. The van der Waals surface area contributed by atoms with Gasteiger partial charge in [-0.1, -0.05) is 24.6 Å². The summed E-state index contributed by atoms with van der Waals surface area (Å²) in [5.74, 6) is -0.806. The van der Waals surface area contributed by atoms with Crippen molar-refractivity contribution in [3.8, 4) is 0 Å². The van der Waals surface area contributed by atoms with Gasteiger partial charge in [0, 0.05) is 25.8 Å². The van der Waals surface area contributed by atoms with Crippen LogP contribution in [0.1, 0.15) is 43.6 Å². The van der Waals surface area contributed by atoms with E-state index in [1.165, 1.54) is 37.6 Å². The normalized spacial score (nSPS) is 28.2. The van der Waals surface area contributed by atoms with E-state index >= 15 is 0 Å². The van der Waals surface area contributed by atoms with E-state index in [4.69, 9.17) is 4.74 Å². The topological polar surface area (TPSA) is 12.5 Å². The van der Waals surface area contributed by atoms with Crippen LogP contribution in [-0.4, -0.2) is 26.1 Å². The van der Waals surface area contributed by atoms with Crippen molar-refractivity contribution in [2.45, 2.75) is 43.9 Å². The number of hydrogen-bond acceptors (Lipinski definition) is 2. The summed E-state index contributed by atoms with van der Waals surface area (Å²) in [6.07, 6.45) is 5.23. The van der Waals surface area contributed by atoms with Crippen LogP contribution in [0.25, 0.3) is 0 Å². The Kier molecular flexibility index (Phi) is 3.48. The molecule has 1 heterocycles. The van der Waals surface area contributed by atoms with Gasteiger partial charge >= 0.3 is 0 Å². The fourth-order valence-electron chi connectivity index (χ4n) is 3.19. The maximum Gasteiger partial charge on any atom is 0.226 e. The minimum Gasteiger partial charge on any atom is -0.366 e. The first-order chi connectivity index (χ1) is 9.22. The molecule has 1 aliphatic heterocycles. The van der Waals surface area contributed by atoms with E-state index in [1.54, 1.807) is 0 Å². The van der Waals surface area contributed by atoms with Crippen LogP contribution in [-0.2, 0) is 4.74 Å². The number of halogens is 1. The van der Waals surface area contributed by atoms with Crippen molar-refractivity contribution in [2.24, 2.45) is 0 Å². The van der Waals surface area contributed by atoms with Crippen molar-refractivity contribution < 1.29 is 9.13 Å². The Morgan fingerprint density at radius 1 is 1.26 bits per heavy atom. The lowest BCUT2D eigenvalue weighted by molar-refractivity contribution is -0.126. The fourth-order valence-corrected chi connectivity index (χ4v) is 3.19. The van der Waals surface area contributed by atoms with Crippen LogP contribution < -0.4 is 4.90 Å². The highest BCUT2D eigenvalue weighted by molar-refractivity contribution is 5.56. The zero-order chi connectivity index (χ0) is 13.3. The highest BCUT2D eigenvalue weighted by atomic mass is 19.2. The van der Waals surface area contributed by atoms with E-state index in [-0.39, 0.29) is 0 Å². The van der Waals surface area contributed by atoms with E-state index in [9.17, 15) is 4.39 Å². The molecule has 1 saturated carbocycles. The SMILES string of the molecule is COC1(F)CCCN(c2ccccc2C2CCC2)C1. The van der Waals surface area contributed by atoms with Crippen molar-refractivity contribution >= 4 is 5.69 Å². The average Bonchev–Trinajstić information content (AvgIpc) is 2.38. The van der Waals surface area contributed by atoms with Gasteiger partial charge in [0.1, 0.15) is 0 Å². The van der Waals surface area contributed by atoms with Crippen LogP contribution in [0, 0.1) is 0 Å². The number of anilines is 1. The number of para-hydroxylation sites is 1. The van der Waals surface area contributed by atoms with Crippen molar-refractivity contribution in [3.05, 3.63) is 29.8 Å². The third-order valence-corrected chi connectivity index (χ3v) is 4.59. The summed E-state index contributed by atoms with van der Waals surface area (Å²) in [5, 5.41) is 0. The number of hydrogen-bond donors (Lipinski definition) is 0. The van der Waals surface area contributed by atoms with Crippen molar-refractivity contribution in [1.29, 1.82) is 0 Å². The van der Waals surface area contributed by atoms with Crippen molar-refractivity contribution in [1.82, 2.24) is 0 Å². The molecule has 104 valence electrons. The molecule has 0 N–H and O–H groups in total. The molecule has 3 rings (SSSR count). The van der Waals surface area contributed by atoms with E-state index in [0.29, 0.717) is 18.9 Å². The third-order valence-electron chi connectivity index (χ3n) is 4.59. The summed E-state index contributed by atoms with van der Waals surface area (Å²) in [6, 6.07) is 8.49. The minimum absolute atomic E-state index is 0.354. The Morgan fingerprint density at radius 3 is 2.74 bits per heavy atom. The molecule has 0 bridgehead atoms. The molecule has 1 aliphatic carbocycles. The van der Waals surface area contributed by atoms with Gasteiger partial charge in [0.2, 0.25) is 5.85 Å². The average molecular weight is 263 g/mol. The maximum atomic E-state index is 14.4. The van der Waals surface area contributed by atoms with Crippen molar-refractivity contribution in [2.75, 3.05) is 25.1 Å². The molecular formula is C16H22FNO. The van der Waals surface area contributed by atoms with Crippen LogP contribution in [0.5, 0.6) is 0 Å². The number of rotatable bonds is 3. The number of methoxy groups -OCH3 is 1. The summed E-state index contributed by atoms with van der Waals surface area (Å²) in [7, 11) is 1.47. The maximum absolute atomic E-state index is 14.4. The molecule has 2 aliphatic rings. The Bertz CT molecular complexity index is 446. The Hall–Kier alpha value is -1.09. The molecule has 19 heavy (non-hydrogen) atoms. The van der Waals surface area contributed by atoms with Crippen LogP contribution in [0.3, 0.4) is 0 Å². The fraction of sp³-hybridized carbons (Fsp3) is 0.625. The summed E-state index contributed by atoms with van der Waals surface area (Å²) in [6.45, 7) is 1.28. The van der Waals surface area contributed by atoms with Gasteiger partial charge in [-0.3, -0.25) is 0 Å². The molecule has 1 saturated heterocycles. The van der Waals surface area contributed by atoms with Gasteiger partial charge in [0.15, 0.2) is 0 Å². The van der Waals surface area contributed by atoms with Gasteiger partial charge in [0.05, 0.1) is 6.54 Å². The lowest BCUT2D eigenvalue weighted by Crippen LogP contribution is -2.47. The molecule has 1 atom stereocenters. The van der Waals surface area contributed by atoms with E-state index in [1.807, 2.05) is 0 Å². The number of benzene rings is 1. The predicted octanol–water partition coefficient (Wildman–Crippen LogP) is 3.87. The molecule has 0 spiro atoms. The molecule has 1 unspecified atom stereocenters. The first-order valence-corrected chi connectivity index (χ1v) is 7.30. The van der Waals surface area contributed by atoms with Crippen LogP contribution in [0.15, 0.2) is 24.3 Å². The molecule has 0 amide bonds. The number of nitrogens with zero attached hydrogens (tertiary/aromatic N) is 1. The molecule has 2 nitrogen and oxygen atoms in total. The third kappa shape index (κ3) is 2.48. The smallest absolute Gasteiger partial charge is 0.226 e. The molecule has 0 radical (unpaired) electrons. The molecule has 3 heteroatoms. The van der Waals surface area contributed by atoms with Gasteiger partial charge in [-0.15, -0.1) is 0 Å². The van der Waals surface area contributed by atoms with Gasteiger partial charge < -0.3 is 9.64 Å². The molecule has 0 aromatic heterocycles. The number of alkyl halides is 1. The monoisotopic (exact) mass is 263 g/mol. The first-order valence-electron chi connectivity index (χ1n) is 7.30. The number of piperidine rings is 1. The summed E-state index contributed by atoms with van der Waals surface area (Å²) < 4.78 is 19.5. The van der Waals surface area contributed by atoms with Gasteiger partial charge in [-0.25, -0.2) is 4.39 Å². The molecule has 1 aromatic carbocycles. The van der Waals surface area contributed by atoms with Gasteiger partial charge in [0.25, 0.3) is 0 Å². The quantitative estimate of drug-likeness (QED) is 0.821. The van der Waals surface area contributed by atoms with Gasteiger partial charge in [-0.05, 0) is 36.8 Å². The Labute approximate surface area is 114 Å². The largest absolute Gasteiger partial charge is 0.366 e. The highest BCUT2D eigenvalue weighted by Gasteiger charge is 2.36. The second-order valence-corrected chi connectivity index (χ2v) is 5.80. The van der Waals surface area contributed by atoms with Gasteiger partial charge in [-0.2, -0.15) is 0 Å². The van der Waals surface area contributed by atoms with E-state index in [2.05, 4.69) is 29.2 Å². The second-order valence-electron chi connectivity index (χ2n) is 5.80. The molecule has 2 fully saturated rings. The van der Waals surface area contributed by atoms with Crippen LogP contribution in [0.4, 0.5) is 10.1 Å². The van der Waals surface area contributed by atoms with E-state index in [0.717, 1.165) is 13.0 Å². The number of ether oxygens (including phenoxy) is 1. The second kappa shape index (κ2) is 5.12.